The number of nitrogen functional groups attached to an aromatic ring is 1. The Hall–Kier alpha value is -2.43. The highest BCUT2D eigenvalue weighted by atomic mass is 16.5. The summed E-state index contributed by atoms with van der Waals surface area (Å²) in [5.74, 6) is 0.000951. The Kier molecular flexibility index (Phi) is 4.16. The largest absolute Gasteiger partial charge is 0.614 e. The first-order valence-electron chi connectivity index (χ1n) is 4.69. The van der Waals surface area contributed by atoms with Crippen LogP contribution in [0.25, 0.3) is 0 Å². The summed E-state index contributed by atoms with van der Waals surface area (Å²) in [6.45, 7) is 10.1. The van der Waals surface area contributed by atoms with Crippen molar-refractivity contribution < 1.29 is 18.4 Å². The van der Waals surface area contributed by atoms with Gasteiger partial charge in [-0.15, -0.1) is 0 Å². The molecule has 1 aromatic rings. The van der Waals surface area contributed by atoms with Crippen LogP contribution in [-0.2, 0) is 8.85 Å². The lowest BCUT2D eigenvalue weighted by molar-refractivity contribution is -0.356. The third-order valence-corrected chi connectivity index (χ3v) is 1.98. The number of ether oxygens (including phenoxy) is 1. The summed E-state index contributed by atoms with van der Waals surface area (Å²) in [7, 11) is 0. The second-order valence-electron chi connectivity index (χ2n) is 3.06. The summed E-state index contributed by atoms with van der Waals surface area (Å²) in [5, 5.41) is 0. The number of anilines is 1. The molecule has 0 saturated carbocycles. The van der Waals surface area contributed by atoms with Crippen molar-refractivity contribution in [2.24, 2.45) is 0 Å². The second-order valence-corrected chi connectivity index (χ2v) is 3.06. The van der Waals surface area contributed by atoms with E-state index in [2.05, 4.69) is 24.6 Å². The Balaban J connectivity index is 3.26. The molecule has 5 nitrogen and oxygen atoms in total. The average molecular weight is 235 g/mol. The Morgan fingerprint density at radius 2 is 2.18 bits per heavy atom. The molecule has 2 N–H and O–H groups in total. The molecule has 0 aliphatic rings. The van der Waals surface area contributed by atoms with Crippen molar-refractivity contribution in [3.8, 4) is 11.5 Å². The number of nitrogens with two attached hydrogens (primary N) is 1. The molecule has 0 aliphatic heterocycles. The second kappa shape index (κ2) is 5.60. The van der Waals surface area contributed by atoms with Crippen molar-refractivity contribution in [3.63, 3.8) is 0 Å². The molecule has 0 fully saturated rings. The highest BCUT2D eigenvalue weighted by molar-refractivity contribution is 5.94. The lowest BCUT2D eigenvalue weighted by atomic mass is 10.1. The minimum atomic E-state index is -0.651. The number of benzene rings is 1. The van der Waals surface area contributed by atoms with Crippen LogP contribution >= 0.6 is 0 Å². The van der Waals surface area contributed by atoms with Gasteiger partial charge >= 0.3 is 11.7 Å². The monoisotopic (exact) mass is 235 g/mol. The van der Waals surface area contributed by atoms with Gasteiger partial charge in [-0.1, -0.05) is 12.7 Å². The number of carbonyl (C=O) groups excluding carboxylic acids is 3. The number of rotatable bonds is 5. The zero-order valence-corrected chi connectivity index (χ0v) is 9.27. The van der Waals surface area contributed by atoms with E-state index >= 15 is 0 Å². The standard InChI is InChI=1S/C12H12NO4/c1-4-5-17-11-6-8(12(14)16-3)9(13)7-10(11)15-2/h4,6-7H,1-3,5H2,(H-,13,14)/q+1/p+1. The summed E-state index contributed by atoms with van der Waals surface area (Å²) < 4.78 is 14.5. The Bertz CT molecular complexity index is 480. The molecule has 0 radical (unpaired) electrons. The van der Waals surface area contributed by atoms with Gasteiger partial charge < -0.3 is 10.5 Å². The van der Waals surface area contributed by atoms with Crippen LogP contribution in [0, 0.1) is 0 Å². The molecule has 0 atom stereocenters. The van der Waals surface area contributed by atoms with Crippen LogP contribution in [0.1, 0.15) is 10.4 Å². The molecule has 0 aromatic heterocycles. The summed E-state index contributed by atoms with van der Waals surface area (Å²) in [6.07, 6.45) is 1.56. The molecule has 0 amide bonds. The maximum atomic E-state index is 11.4. The first-order chi connectivity index (χ1) is 8.13. The first kappa shape index (κ1) is 12.6. The van der Waals surface area contributed by atoms with Crippen LogP contribution in [0.15, 0.2) is 24.8 Å². The quantitative estimate of drug-likeness (QED) is 0.476. The highest BCUT2D eigenvalue weighted by Gasteiger charge is 2.26. The fourth-order valence-corrected chi connectivity index (χ4v) is 1.20. The van der Waals surface area contributed by atoms with Gasteiger partial charge in [-0.3, -0.25) is 4.42 Å². The first-order valence-corrected chi connectivity index (χ1v) is 4.69. The molecule has 88 valence electrons. The smallest absolute Gasteiger partial charge is 0.481 e. The van der Waals surface area contributed by atoms with Gasteiger partial charge in [-0.05, 0) is 0 Å². The lowest BCUT2D eigenvalue weighted by Gasteiger charge is -2.02. The fraction of sp³-hybridized carbons (Fsp3) is 0.0833. The van der Waals surface area contributed by atoms with Gasteiger partial charge in [0.05, 0.1) is 16.5 Å². The molecule has 17 heavy (non-hydrogen) atoms. The predicted octanol–water partition coefficient (Wildman–Crippen LogP) is 1.42. The number of carbonyl (C=O) groups is 1. The molecular formula is C12H13NO4+2. The van der Waals surface area contributed by atoms with Crippen LogP contribution in [-0.4, -0.2) is 26.2 Å². The molecular weight excluding hydrogens is 222 g/mol. The molecule has 1 aromatic carbocycles. The van der Waals surface area contributed by atoms with Crippen LogP contribution in [0.5, 0.6) is 11.5 Å². The maximum absolute atomic E-state index is 11.4. The van der Waals surface area contributed by atoms with Crippen molar-refractivity contribution in [2.45, 2.75) is 0 Å². The summed E-state index contributed by atoms with van der Waals surface area (Å²) >= 11 is 0. The van der Waals surface area contributed by atoms with Crippen LogP contribution in [0.4, 0.5) is 5.69 Å². The lowest BCUT2D eigenvalue weighted by Crippen LogP contribution is -2.05. The molecule has 5 heteroatoms. The molecule has 0 spiro atoms. The van der Waals surface area contributed by atoms with Gasteiger partial charge in [0.2, 0.25) is 5.75 Å². The minimum Gasteiger partial charge on any atom is -0.481 e. The van der Waals surface area contributed by atoms with Crippen molar-refractivity contribution in [1.29, 1.82) is 0 Å². The normalized spacial score (nSPS) is 9.41. The molecule has 1 rings (SSSR count). The van der Waals surface area contributed by atoms with Gasteiger partial charge in [0.15, 0.2) is 12.4 Å². The van der Waals surface area contributed by atoms with E-state index in [1.807, 2.05) is 0 Å². The van der Waals surface area contributed by atoms with E-state index in [0.29, 0.717) is 11.5 Å². The number of hydrogen-bond acceptors (Lipinski definition) is 3. The highest BCUT2D eigenvalue weighted by Crippen LogP contribution is 2.32. The van der Waals surface area contributed by atoms with E-state index < -0.39 is 5.97 Å². The Morgan fingerprint density at radius 3 is 2.71 bits per heavy atom. The Morgan fingerprint density at radius 1 is 1.47 bits per heavy atom. The van der Waals surface area contributed by atoms with Gasteiger partial charge in [-0.25, -0.2) is 4.42 Å². The number of hydrogen-bond donors (Lipinski definition) is 1. The van der Waals surface area contributed by atoms with E-state index in [0.717, 1.165) is 0 Å². The fourth-order valence-electron chi connectivity index (χ4n) is 1.20. The van der Waals surface area contributed by atoms with E-state index in [9.17, 15) is 4.79 Å². The van der Waals surface area contributed by atoms with E-state index in [1.54, 1.807) is 6.08 Å². The van der Waals surface area contributed by atoms with Gasteiger partial charge in [0.1, 0.15) is 6.61 Å². The Labute approximate surface area is 98.5 Å². The zero-order chi connectivity index (χ0) is 12.8. The summed E-state index contributed by atoms with van der Waals surface area (Å²) in [5.41, 5.74) is 6.01. The van der Waals surface area contributed by atoms with E-state index in [4.69, 9.17) is 14.9 Å². The molecule has 0 aliphatic carbocycles. The van der Waals surface area contributed by atoms with Crippen LogP contribution < -0.4 is 10.5 Å². The van der Waals surface area contributed by atoms with E-state index in [1.165, 1.54) is 12.1 Å². The van der Waals surface area contributed by atoms with Crippen molar-refractivity contribution in [2.75, 3.05) is 12.3 Å². The zero-order valence-electron chi connectivity index (χ0n) is 9.27. The van der Waals surface area contributed by atoms with Gasteiger partial charge in [-0.2, -0.15) is 0 Å². The SMILES string of the molecule is C=CCOc1cc(C(=O)[O+]=C)c(N)cc1[O+]=C. The summed E-state index contributed by atoms with van der Waals surface area (Å²) in [6, 6.07) is 2.84. The minimum absolute atomic E-state index is 0.153. The van der Waals surface area contributed by atoms with E-state index in [-0.39, 0.29) is 17.9 Å². The van der Waals surface area contributed by atoms with Crippen molar-refractivity contribution >= 4 is 25.2 Å². The average Bonchev–Trinajstić information content (AvgIpc) is 2.35. The summed E-state index contributed by atoms with van der Waals surface area (Å²) in [4.78, 5) is 11.4. The predicted molar refractivity (Wildman–Crippen MR) is 64.6 cm³/mol. The van der Waals surface area contributed by atoms with Crippen molar-refractivity contribution in [3.05, 3.63) is 30.4 Å². The van der Waals surface area contributed by atoms with Crippen LogP contribution in [0.2, 0.25) is 0 Å². The molecule has 0 saturated heterocycles. The van der Waals surface area contributed by atoms with Gasteiger partial charge in [0, 0.05) is 6.07 Å². The topological polar surface area (TPSA) is 74.9 Å². The third-order valence-electron chi connectivity index (χ3n) is 1.98. The molecule has 0 heterocycles. The molecule has 0 unspecified atom stereocenters. The maximum Gasteiger partial charge on any atom is 0.614 e. The van der Waals surface area contributed by atoms with Gasteiger partial charge in [0.25, 0.3) is 6.79 Å². The third kappa shape index (κ3) is 2.78. The van der Waals surface area contributed by atoms with Crippen molar-refractivity contribution in [1.82, 2.24) is 0 Å². The molecule has 0 bridgehead atoms. The van der Waals surface area contributed by atoms with Crippen LogP contribution in [0.3, 0.4) is 0 Å².